The van der Waals surface area contributed by atoms with Gasteiger partial charge in [0.1, 0.15) is 13.2 Å². The van der Waals surface area contributed by atoms with Crippen LogP contribution in [0.2, 0.25) is 0 Å². The van der Waals surface area contributed by atoms with E-state index in [-0.39, 0.29) is 12.9 Å². The van der Waals surface area contributed by atoms with Gasteiger partial charge in [0.25, 0.3) is 0 Å². The fourth-order valence-electron chi connectivity index (χ4n) is 2.83. The molecule has 36 heavy (non-hydrogen) atoms. The van der Waals surface area contributed by atoms with Crippen LogP contribution in [0.25, 0.3) is 0 Å². The average molecular weight is 526 g/mol. The van der Waals surface area contributed by atoms with E-state index < -0.39 is 18.5 Å². The number of aliphatic carboxylic acids is 1. The zero-order chi connectivity index (χ0) is 25.9. The van der Waals surface area contributed by atoms with Crippen LogP contribution in [0, 0.1) is 0 Å². The first-order valence-corrected chi connectivity index (χ1v) is 12.4. The van der Waals surface area contributed by atoms with Crippen LogP contribution in [-0.4, -0.2) is 136 Å². The molecule has 1 saturated heterocycles. The van der Waals surface area contributed by atoms with Crippen molar-refractivity contribution in [3.05, 3.63) is 0 Å². The average Bonchev–Trinajstić information content (AvgIpc) is 2.87. The van der Waals surface area contributed by atoms with E-state index in [2.05, 4.69) is 10.1 Å². The summed E-state index contributed by atoms with van der Waals surface area (Å²) in [5, 5.41) is 10.9. The Bertz CT molecular complexity index is 519. The molecule has 0 aliphatic carbocycles. The minimum atomic E-state index is -1.12. The highest BCUT2D eigenvalue weighted by atomic mass is 16.7. The lowest BCUT2D eigenvalue weighted by Crippen LogP contribution is -2.31. The molecule has 1 aliphatic rings. The molecular formula is C23H43NO12. The molecule has 2 N–H and O–H groups in total. The van der Waals surface area contributed by atoms with Gasteiger partial charge in [-0.05, 0) is 19.3 Å². The molecule has 13 heteroatoms. The molecule has 0 saturated carbocycles. The van der Waals surface area contributed by atoms with Crippen LogP contribution in [-0.2, 0) is 52.2 Å². The minimum absolute atomic E-state index is 0.0757. The molecule has 1 amide bonds. The molecule has 1 rings (SSSR count). The first kappa shape index (κ1) is 32.6. The first-order chi connectivity index (χ1) is 17.7. The summed E-state index contributed by atoms with van der Waals surface area (Å²) < 4.78 is 48.1. The number of carboxylic acids is 1. The predicted octanol–water partition coefficient (Wildman–Crippen LogP) is -0.153. The van der Waals surface area contributed by atoms with Crippen LogP contribution >= 0.6 is 0 Å². The van der Waals surface area contributed by atoms with Crippen LogP contribution in [0.5, 0.6) is 0 Å². The van der Waals surface area contributed by atoms with Crippen LogP contribution in [0.3, 0.4) is 0 Å². The van der Waals surface area contributed by atoms with Gasteiger partial charge >= 0.3 is 5.97 Å². The third kappa shape index (κ3) is 23.0. The summed E-state index contributed by atoms with van der Waals surface area (Å²) in [6.07, 6.45) is 3.15. The second-order valence-corrected chi connectivity index (χ2v) is 7.58. The zero-order valence-corrected chi connectivity index (χ0v) is 21.2. The van der Waals surface area contributed by atoms with Crippen LogP contribution in [0.15, 0.2) is 0 Å². The fourth-order valence-corrected chi connectivity index (χ4v) is 2.83. The molecule has 1 fully saturated rings. The van der Waals surface area contributed by atoms with Gasteiger partial charge < -0.3 is 53.1 Å². The molecule has 0 radical (unpaired) electrons. The van der Waals surface area contributed by atoms with Gasteiger partial charge in [0.05, 0.1) is 85.9 Å². The molecule has 0 spiro atoms. The number of carboxylic acid groups (broad SMARTS) is 1. The van der Waals surface area contributed by atoms with E-state index in [1.165, 1.54) is 0 Å². The molecular weight excluding hydrogens is 482 g/mol. The monoisotopic (exact) mass is 525 g/mol. The van der Waals surface area contributed by atoms with E-state index in [1.807, 2.05) is 0 Å². The van der Waals surface area contributed by atoms with Crippen LogP contribution in [0.4, 0.5) is 0 Å². The van der Waals surface area contributed by atoms with Gasteiger partial charge in [-0.2, -0.15) is 0 Å². The Balaban J connectivity index is 1.66. The molecule has 1 atom stereocenters. The quantitative estimate of drug-likeness (QED) is 0.145. The molecule has 1 heterocycles. The number of hydrogen-bond donors (Lipinski definition) is 2. The summed E-state index contributed by atoms with van der Waals surface area (Å²) in [4.78, 5) is 21.6. The van der Waals surface area contributed by atoms with Gasteiger partial charge in [-0.3, -0.25) is 4.79 Å². The Labute approximate surface area is 212 Å². The normalized spacial score (nSPS) is 15.7. The van der Waals surface area contributed by atoms with Crippen molar-refractivity contribution in [3.63, 3.8) is 0 Å². The molecule has 0 aromatic carbocycles. The van der Waals surface area contributed by atoms with E-state index in [1.54, 1.807) is 0 Å². The topological polar surface area (TPSA) is 149 Å². The number of carbonyl (C=O) groups excluding carboxylic acids is 1. The van der Waals surface area contributed by atoms with Crippen molar-refractivity contribution in [2.75, 3.05) is 112 Å². The number of rotatable bonds is 26. The summed E-state index contributed by atoms with van der Waals surface area (Å²) in [7, 11) is 0. The standard InChI is InChI=1S/C23H43NO12/c25-21(19-34-20-22(26)27)24-4-6-28-7-8-29-9-10-30-11-12-31-13-14-32-15-16-33-17-18-36-23-3-1-2-5-35-23/h23H,1-20H2,(H,24,25)(H,26,27). The maximum atomic E-state index is 11.3. The molecule has 212 valence electrons. The number of ether oxygens (including phenoxy) is 9. The Hall–Kier alpha value is -1.42. The second kappa shape index (κ2) is 25.2. The van der Waals surface area contributed by atoms with Gasteiger partial charge in [0.2, 0.25) is 5.91 Å². The highest BCUT2D eigenvalue weighted by molar-refractivity contribution is 5.77. The van der Waals surface area contributed by atoms with Gasteiger partial charge in [-0.25, -0.2) is 4.79 Å². The van der Waals surface area contributed by atoms with E-state index in [4.69, 9.17) is 43.0 Å². The number of nitrogens with one attached hydrogen (secondary N) is 1. The van der Waals surface area contributed by atoms with E-state index in [0.29, 0.717) is 92.4 Å². The van der Waals surface area contributed by atoms with Gasteiger partial charge in [0.15, 0.2) is 6.29 Å². The highest BCUT2D eigenvalue weighted by Crippen LogP contribution is 2.13. The molecule has 0 bridgehead atoms. The smallest absolute Gasteiger partial charge is 0.329 e. The summed E-state index contributed by atoms with van der Waals surface area (Å²) in [6.45, 7) is 6.38. The summed E-state index contributed by atoms with van der Waals surface area (Å²) >= 11 is 0. The van der Waals surface area contributed by atoms with Gasteiger partial charge in [-0.1, -0.05) is 0 Å². The van der Waals surface area contributed by atoms with Crippen molar-refractivity contribution in [1.82, 2.24) is 5.32 Å². The highest BCUT2D eigenvalue weighted by Gasteiger charge is 2.13. The third-order valence-corrected chi connectivity index (χ3v) is 4.56. The lowest BCUT2D eigenvalue weighted by molar-refractivity contribution is -0.169. The van der Waals surface area contributed by atoms with Crippen molar-refractivity contribution in [2.24, 2.45) is 0 Å². The lowest BCUT2D eigenvalue weighted by atomic mass is 10.2. The number of carbonyl (C=O) groups is 2. The lowest BCUT2D eigenvalue weighted by Gasteiger charge is -2.22. The van der Waals surface area contributed by atoms with E-state index in [0.717, 1.165) is 25.9 Å². The molecule has 0 aromatic heterocycles. The predicted molar refractivity (Wildman–Crippen MR) is 126 cm³/mol. The number of hydrogen-bond acceptors (Lipinski definition) is 11. The zero-order valence-electron chi connectivity index (χ0n) is 21.2. The SMILES string of the molecule is O=C(O)COCC(=O)NCCOCCOCCOCCOCCOCCOCCOC1CCCCO1. The largest absolute Gasteiger partial charge is 0.480 e. The van der Waals surface area contributed by atoms with Crippen molar-refractivity contribution in [2.45, 2.75) is 25.6 Å². The Morgan fingerprint density at radius 2 is 1.17 bits per heavy atom. The van der Waals surface area contributed by atoms with Crippen molar-refractivity contribution in [3.8, 4) is 0 Å². The molecule has 0 aromatic rings. The van der Waals surface area contributed by atoms with E-state index >= 15 is 0 Å². The third-order valence-electron chi connectivity index (χ3n) is 4.56. The molecule has 1 aliphatic heterocycles. The van der Waals surface area contributed by atoms with Crippen LogP contribution < -0.4 is 5.32 Å². The fraction of sp³-hybridized carbons (Fsp3) is 0.913. The Kier molecular flexibility index (Phi) is 22.9. The summed E-state index contributed by atoms with van der Waals surface area (Å²) in [5.74, 6) is -1.51. The van der Waals surface area contributed by atoms with Crippen molar-refractivity contribution < 1.29 is 57.3 Å². The second-order valence-electron chi connectivity index (χ2n) is 7.58. The van der Waals surface area contributed by atoms with Crippen molar-refractivity contribution in [1.29, 1.82) is 0 Å². The first-order valence-electron chi connectivity index (χ1n) is 12.4. The summed E-state index contributed by atoms with van der Waals surface area (Å²) in [6, 6.07) is 0. The minimum Gasteiger partial charge on any atom is -0.480 e. The Morgan fingerprint density at radius 1 is 0.667 bits per heavy atom. The maximum Gasteiger partial charge on any atom is 0.329 e. The maximum absolute atomic E-state index is 11.3. The molecule has 13 nitrogen and oxygen atoms in total. The van der Waals surface area contributed by atoms with E-state index in [9.17, 15) is 9.59 Å². The molecule has 1 unspecified atom stereocenters. The summed E-state index contributed by atoms with van der Waals surface area (Å²) in [5.41, 5.74) is 0. The van der Waals surface area contributed by atoms with Gasteiger partial charge in [-0.15, -0.1) is 0 Å². The van der Waals surface area contributed by atoms with Crippen molar-refractivity contribution >= 4 is 11.9 Å². The Morgan fingerprint density at radius 3 is 1.64 bits per heavy atom. The number of amides is 1. The van der Waals surface area contributed by atoms with Crippen LogP contribution in [0.1, 0.15) is 19.3 Å². The van der Waals surface area contributed by atoms with Gasteiger partial charge in [0, 0.05) is 13.2 Å².